The molecule has 2 aromatic carbocycles. The zero-order chi connectivity index (χ0) is 12.4. The van der Waals surface area contributed by atoms with Gasteiger partial charge in [0, 0.05) is 25.6 Å². The van der Waals surface area contributed by atoms with Crippen LogP contribution < -0.4 is 5.32 Å². The van der Waals surface area contributed by atoms with Crippen molar-refractivity contribution in [2.24, 2.45) is 0 Å². The molecule has 0 aromatic heterocycles. The van der Waals surface area contributed by atoms with Crippen LogP contribution in [0.2, 0.25) is 0 Å². The van der Waals surface area contributed by atoms with E-state index in [2.05, 4.69) is 82.5 Å². The zero-order valence-electron chi connectivity index (χ0n) is 9.69. The minimum Gasteiger partial charge on any atom is -0.380 e. The highest BCUT2D eigenvalue weighted by atomic mass is 127. The number of hydrogen-bond donors (Lipinski definition) is 1. The van der Waals surface area contributed by atoms with Crippen molar-refractivity contribution in [2.45, 2.75) is 4.90 Å². The van der Waals surface area contributed by atoms with Crippen LogP contribution in [0.1, 0.15) is 5.56 Å². The molecular weight excluding hydrogens is 353 g/mol. The third kappa shape index (κ3) is 2.72. The van der Waals surface area contributed by atoms with E-state index < -0.39 is 0 Å². The molecule has 0 bridgehead atoms. The second-order valence-electron chi connectivity index (χ2n) is 4.11. The van der Waals surface area contributed by atoms with Crippen molar-refractivity contribution in [3.63, 3.8) is 0 Å². The van der Waals surface area contributed by atoms with Gasteiger partial charge in [-0.15, -0.1) is 0 Å². The van der Waals surface area contributed by atoms with E-state index in [0.717, 1.165) is 6.54 Å². The van der Waals surface area contributed by atoms with E-state index in [9.17, 15) is 0 Å². The van der Waals surface area contributed by atoms with Crippen molar-refractivity contribution in [1.82, 2.24) is 0 Å². The summed E-state index contributed by atoms with van der Waals surface area (Å²) in [6.07, 6.45) is 2.25. The molecule has 1 nitrogen and oxygen atoms in total. The second kappa shape index (κ2) is 5.36. The molecule has 0 saturated carbocycles. The van der Waals surface area contributed by atoms with Gasteiger partial charge in [-0.05, 0) is 58.5 Å². The molecule has 1 heterocycles. The summed E-state index contributed by atoms with van der Waals surface area (Å²) in [5.74, 6) is 0. The summed E-state index contributed by atoms with van der Waals surface area (Å²) in [5, 5.41) is 3.45. The van der Waals surface area contributed by atoms with E-state index in [1.165, 1.54) is 24.6 Å². The lowest BCUT2D eigenvalue weighted by atomic mass is 10.2. The van der Waals surface area contributed by atoms with Gasteiger partial charge in [0.2, 0.25) is 0 Å². The van der Waals surface area contributed by atoms with E-state index in [-0.39, 0.29) is 0 Å². The first-order valence-corrected chi connectivity index (χ1v) is 7.68. The van der Waals surface area contributed by atoms with E-state index in [4.69, 9.17) is 0 Å². The Kier molecular flexibility index (Phi) is 3.61. The van der Waals surface area contributed by atoms with Crippen LogP contribution in [0.15, 0.2) is 58.3 Å². The summed E-state index contributed by atoms with van der Waals surface area (Å²) in [6.45, 7) is 0.910. The first kappa shape index (κ1) is 12.1. The predicted octanol–water partition coefficient (Wildman–Crippen LogP) is 4.85. The Morgan fingerprint density at radius 1 is 1.06 bits per heavy atom. The lowest BCUT2D eigenvalue weighted by Crippen LogP contribution is -2.08. The molecular formula is C15H12INS. The molecule has 1 N–H and O–H groups in total. The van der Waals surface area contributed by atoms with Crippen LogP contribution in [0.25, 0.3) is 6.08 Å². The summed E-state index contributed by atoms with van der Waals surface area (Å²) in [4.78, 5) is 2.66. The lowest BCUT2D eigenvalue weighted by molar-refractivity contribution is 1.24. The molecule has 0 saturated heterocycles. The number of anilines is 1. The smallest absolute Gasteiger partial charge is 0.0484 e. The lowest BCUT2D eigenvalue weighted by Gasteiger charge is -2.19. The average Bonchev–Trinajstić information content (AvgIpc) is 2.41. The summed E-state index contributed by atoms with van der Waals surface area (Å²) < 4.78 is 1.27. The highest BCUT2D eigenvalue weighted by Gasteiger charge is 2.11. The largest absolute Gasteiger partial charge is 0.380 e. The molecule has 0 fully saturated rings. The van der Waals surface area contributed by atoms with Gasteiger partial charge in [-0.2, -0.15) is 0 Å². The fourth-order valence-electron chi connectivity index (χ4n) is 1.89. The maximum Gasteiger partial charge on any atom is 0.0484 e. The quantitative estimate of drug-likeness (QED) is 0.725. The van der Waals surface area contributed by atoms with E-state index in [0.29, 0.717) is 0 Å². The first-order valence-electron chi connectivity index (χ1n) is 5.78. The number of para-hydroxylation sites is 1. The number of hydrogen-bond acceptors (Lipinski definition) is 2. The Bertz CT molecular complexity index is 590. The summed E-state index contributed by atoms with van der Waals surface area (Å²) in [5.41, 5.74) is 2.50. The van der Waals surface area contributed by atoms with Gasteiger partial charge >= 0.3 is 0 Å². The van der Waals surface area contributed by atoms with Crippen LogP contribution in [-0.2, 0) is 0 Å². The maximum absolute atomic E-state index is 3.45. The van der Waals surface area contributed by atoms with E-state index in [1.807, 2.05) is 11.8 Å². The molecule has 3 rings (SSSR count). The third-order valence-electron chi connectivity index (χ3n) is 2.78. The van der Waals surface area contributed by atoms with Crippen LogP contribution in [0.4, 0.5) is 5.69 Å². The van der Waals surface area contributed by atoms with Gasteiger partial charge in [0.15, 0.2) is 0 Å². The molecule has 0 unspecified atom stereocenters. The van der Waals surface area contributed by atoms with Crippen LogP contribution in [0, 0.1) is 3.57 Å². The minimum atomic E-state index is 0.910. The number of fused-ring (bicyclic) bond motifs is 1. The number of halogens is 1. The van der Waals surface area contributed by atoms with Crippen LogP contribution in [0.3, 0.4) is 0 Å². The second-order valence-corrected chi connectivity index (χ2v) is 6.53. The number of rotatable bonds is 1. The normalized spacial score (nSPS) is 16.2. The van der Waals surface area contributed by atoms with Gasteiger partial charge in [0.05, 0.1) is 0 Å². The standard InChI is InChI=1S/C15H12INS/c16-12-7-5-11(6-8-12)9-13-10-17-14-3-1-2-4-15(14)18-13/h1-9,17H,10H2/b13-9+. The Morgan fingerprint density at radius 2 is 1.83 bits per heavy atom. The molecule has 0 radical (unpaired) electrons. The molecule has 2 aromatic rings. The molecule has 0 spiro atoms. The van der Waals surface area contributed by atoms with Crippen LogP contribution in [-0.4, -0.2) is 6.54 Å². The van der Waals surface area contributed by atoms with Gasteiger partial charge in [-0.1, -0.05) is 36.0 Å². The summed E-state index contributed by atoms with van der Waals surface area (Å²) in [7, 11) is 0. The zero-order valence-corrected chi connectivity index (χ0v) is 12.7. The Balaban J connectivity index is 1.85. The van der Waals surface area contributed by atoms with Crippen molar-refractivity contribution in [3.05, 3.63) is 62.6 Å². The van der Waals surface area contributed by atoms with Crippen molar-refractivity contribution < 1.29 is 0 Å². The fourth-order valence-corrected chi connectivity index (χ4v) is 3.26. The number of nitrogens with one attached hydrogen (secondary N) is 1. The minimum absolute atomic E-state index is 0.910. The first-order chi connectivity index (χ1) is 8.81. The molecule has 0 aliphatic carbocycles. The Labute approximate surface area is 125 Å². The molecule has 0 amide bonds. The Morgan fingerprint density at radius 3 is 2.67 bits per heavy atom. The molecule has 0 atom stereocenters. The Hall–Kier alpha value is -0.940. The fraction of sp³-hybridized carbons (Fsp3) is 0.0667. The molecule has 18 heavy (non-hydrogen) atoms. The van der Waals surface area contributed by atoms with Gasteiger partial charge in [0.1, 0.15) is 0 Å². The SMILES string of the molecule is Ic1ccc(/C=C2\CNc3ccccc3S2)cc1. The van der Waals surface area contributed by atoms with Crippen LogP contribution >= 0.6 is 34.4 Å². The molecule has 90 valence electrons. The van der Waals surface area contributed by atoms with E-state index in [1.54, 1.807) is 0 Å². The van der Waals surface area contributed by atoms with Crippen molar-refractivity contribution in [3.8, 4) is 0 Å². The third-order valence-corrected chi connectivity index (χ3v) is 4.60. The summed E-state index contributed by atoms with van der Waals surface area (Å²) >= 11 is 4.18. The highest BCUT2D eigenvalue weighted by Crippen LogP contribution is 2.37. The number of benzene rings is 2. The topological polar surface area (TPSA) is 12.0 Å². The van der Waals surface area contributed by atoms with Gasteiger partial charge in [0.25, 0.3) is 0 Å². The maximum atomic E-state index is 3.45. The molecule has 1 aliphatic heterocycles. The molecule has 3 heteroatoms. The van der Waals surface area contributed by atoms with Crippen LogP contribution in [0.5, 0.6) is 0 Å². The van der Waals surface area contributed by atoms with E-state index >= 15 is 0 Å². The van der Waals surface area contributed by atoms with Gasteiger partial charge in [-0.25, -0.2) is 0 Å². The van der Waals surface area contributed by atoms with Gasteiger partial charge < -0.3 is 5.32 Å². The van der Waals surface area contributed by atoms with Crippen molar-refractivity contribution in [1.29, 1.82) is 0 Å². The predicted molar refractivity (Wildman–Crippen MR) is 87.9 cm³/mol. The van der Waals surface area contributed by atoms with Crippen molar-refractivity contribution in [2.75, 3.05) is 11.9 Å². The van der Waals surface area contributed by atoms with Crippen molar-refractivity contribution >= 4 is 46.1 Å². The monoisotopic (exact) mass is 365 g/mol. The average molecular weight is 365 g/mol. The highest BCUT2D eigenvalue weighted by molar-refractivity contribution is 14.1. The van der Waals surface area contributed by atoms with Gasteiger partial charge in [-0.3, -0.25) is 0 Å². The number of thioether (sulfide) groups is 1. The summed E-state index contributed by atoms with van der Waals surface area (Å²) in [6, 6.07) is 17.1. The molecule has 1 aliphatic rings.